The van der Waals surface area contributed by atoms with Crippen LogP contribution in [-0.2, 0) is 10.0 Å². The quantitative estimate of drug-likeness (QED) is 0.796. The fraction of sp³-hybridized carbons (Fsp3) is 0.500. The Morgan fingerprint density at radius 1 is 1.40 bits per heavy atom. The average Bonchev–Trinajstić information content (AvgIpc) is 2.38. The second-order valence-electron chi connectivity index (χ2n) is 4.66. The lowest BCUT2D eigenvalue weighted by Crippen LogP contribution is -2.40. The highest BCUT2D eigenvalue weighted by Crippen LogP contribution is 2.30. The molecule has 1 fully saturated rings. The van der Waals surface area contributed by atoms with Gasteiger partial charge >= 0.3 is 0 Å². The summed E-state index contributed by atoms with van der Waals surface area (Å²) in [6, 6.07) is 2.08. The number of nitrogens with two attached hydrogens (primary N) is 1. The second kappa shape index (κ2) is 5.55. The normalized spacial score (nSPS) is 18.1. The molecule has 0 atom stereocenters. The van der Waals surface area contributed by atoms with Crippen molar-refractivity contribution in [3.05, 3.63) is 17.9 Å². The van der Waals surface area contributed by atoms with Crippen molar-refractivity contribution in [2.45, 2.75) is 23.8 Å². The van der Waals surface area contributed by atoms with Crippen molar-refractivity contribution in [2.24, 2.45) is 0 Å². The van der Waals surface area contributed by atoms with E-state index in [0.717, 1.165) is 6.07 Å². The molecule has 0 aliphatic carbocycles. The maximum Gasteiger partial charge on any atom is 0.243 e. The van der Waals surface area contributed by atoms with Crippen LogP contribution in [0.25, 0.3) is 0 Å². The van der Waals surface area contributed by atoms with E-state index in [9.17, 15) is 17.9 Å². The molecule has 0 unspecified atom stereocenters. The molecule has 0 spiro atoms. The summed E-state index contributed by atoms with van der Waals surface area (Å²) in [7, 11) is -2.55. The minimum Gasteiger partial charge on any atom is -0.492 e. The number of benzene rings is 1. The smallest absolute Gasteiger partial charge is 0.243 e. The maximum atomic E-state index is 13.7. The Bertz CT molecular complexity index is 574. The molecule has 1 aromatic carbocycles. The van der Waals surface area contributed by atoms with E-state index in [-0.39, 0.29) is 29.4 Å². The second-order valence-corrected chi connectivity index (χ2v) is 6.60. The van der Waals surface area contributed by atoms with E-state index in [0.29, 0.717) is 12.8 Å². The molecule has 0 bridgehead atoms. The van der Waals surface area contributed by atoms with Crippen molar-refractivity contribution < 1.29 is 22.7 Å². The van der Waals surface area contributed by atoms with Crippen LogP contribution in [0.4, 0.5) is 10.1 Å². The summed E-state index contributed by atoms with van der Waals surface area (Å²) in [5.41, 5.74) is 5.53. The molecule has 1 heterocycles. The summed E-state index contributed by atoms with van der Waals surface area (Å²) >= 11 is 0. The standard InChI is InChI=1S/C12H17FN2O4S/c1-19-12-10(13)6-9(7-11(12)14)20(17,18)15-4-2-8(16)3-5-15/h6-8,16H,2-5,14H2,1H3. The number of nitrogens with zero attached hydrogens (tertiary/aromatic N) is 1. The van der Waals surface area contributed by atoms with Gasteiger partial charge in [-0.2, -0.15) is 4.31 Å². The number of halogens is 1. The van der Waals surface area contributed by atoms with Gasteiger partial charge in [-0.1, -0.05) is 0 Å². The van der Waals surface area contributed by atoms with E-state index < -0.39 is 21.9 Å². The highest BCUT2D eigenvalue weighted by molar-refractivity contribution is 7.89. The molecule has 3 N–H and O–H groups in total. The summed E-state index contributed by atoms with van der Waals surface area (Å²) < 4.78 is 44.5. The predicted molar refractivity (Wildman–Crippen MR) is 71.4 cm³/mol. The van der Waals surface area contributed by atoms with Gasteiger partial charge in [-0.05, 0) is 25.0 Å². The van der Waals surface area contributed by atoms with E-state index in [4.69, 9.17) is 10.5 Å². The van der Waals surface area contributed by atoms with Gasteiger partial charge in [0.2, 0.25) is 10.0 Å². The zero-order chi connectivity index (χ0) is 14.9. The van der Waals surface area contributed by atoms with Gasteiger partial charge in [0.25, 0.3) is 0 Å². The summed E-state index contributed by atoms with van der Waals surface area (Å²) in [4.78, 5) is -0.204. The van der Waals surface area contributed by atoms with Crippen LogP contribution in [0.2, 0.25) is 0 Å². The van der Waals surface area contributed by atoms with Crippen molar-refractivity contribution in [1.29, 1.82) is 0 Å². The zero-order valence-electron chi connectivity index (χ0n) is 11.0. The number of nitrogen functional groups attached to an aromatic ring is 1. The van der Waals surface area contributed by atoms with Crippen molar-refractivity contribution >= 4 is 15.7 Å². The van der Waals surface area contributed by atoms with E-state index >= 15 is 0 Å². The average molecular weight is 304 g/mol. The number of hydrogen-bond acceptors (Lipinski definition) is 5. The van der Waals surface area contributed by atoms with E-state index in [2.05, 4.69) is 0 Å². The van der Waals surface area contributed by atoms with Crippen molar-refractivity contribution in [1.82, 2.24) is 4.31 Å². The van der Waals surface area contributed by atoms with Crippen molar-refractivity contribution in [3.8, 4) is 5.75 Å². The molecule has 1 saturated heterocycles. The minimum absolute atomic E-state index is 0.0666. The van der Waals surface area contributed by atoms with Crippen LogP contribution in [0.15, 0.2) is 17.0 Å². The molecule has 0 amide bonds. The van der Waals surface area contributed by atoms with E-state index in [1.165, 1.54) is 17.5 Å². The van der Waals surface area contributed by atoms with Gasteiger partial charge in [0.05, 0.1) is 23.8 Å². The summed E-state index contributed by atoms with van der Waals surface area (Å²) in [5, 5.41) is 9.40. The Morgan fingerprint density at radius 3 is 2.50 bits per heavy atom. The molecular weight excluding hydrogens is 287 g/mol. The predicted octanol–water partition coefficient (Wildman–Crippen LogP) is 0.562. The number of methoxy groups -OCH3 is 1. The maximum absolute atomic E-state index is 13.7. The lowest BCUT2D eigenvalue weighted by molar-refractivity contribution is 0.113. The first kappa shape index (κ1) is 15.0. The van der Waals surface area contributed by atoms with E-state index in [1.807, 2.05) is 0 Å². The van der Waals surface area contributed by atoms with Gasteiger partial charge in [-0.15, -0.1) is 0 Å². The minimum atomic E-state index is -3.81. The molecule has 6 nitrogen and oxygen atoms in total. The Hall–Kier alpha value is -1.38. The summed E-state index contributed by atoms with van der Waals surface area (Å²) in [6.45, 7) is 0.411. The fourth-order valence-electron chi connectivity index (χ4n) is 2.18. The Balaban J connectivity index is 2.35. The van der Waals surface area contributed by atoms with Crippen molar-refractivity contribution in [3.63, 3.8) is 0 Å². The van der Waals surface area contributed by atoms with Gasteiger partial charge < -0.3 is 15.6 Å². The van der Waals surface area contributed by atoms with Crippen LogP contribution in [0.3, 0.4) is 0 Å². The molecular formula is C12H17FN2O4S. The highest BCUT2D eigenvalue weighted by atomic mass is 32.2. The van der Waals surface area contributed by atoms with Gasteiger partial charge in [0.15, 0.2) is 11.6 Å². The van der Waals surface area contributed by atoms with Gasteiger partial charge in [-0.25, -0.2) is 12.8 Å². The number of rotatable bonds is 3. The lowest BCUT2D eigenvalue weighted by Gasteiger charge is -2.28. The SMILES string of the molecule is COc1c(N)cc(S(=O)(=O)N2CCC(O)CC2)cc1F. The van der Waals surface area contributed by atoms with Gasteiger partial charge in [-0.3, -0.25) is 0 Å². The monoisotopic (exact) mass is 304 g/mol. The van der Waals surface area contributed by atoms with Crippen LogP contribution in [0.1, 0.15) is 12.8 Å². The third-order valence-corrected chi connectivity index (χ3v) is 5.19. The van der Waals surface area contributed by atoms with Crippen LogP contribution < -0.4 is 10.5 Å². The fourth-order valence-corrected chi connectivity index (χ4v) is 3.70. The van der Waals surface area contributed by atoms with Crippen molar-refractivity contribution in [2.75, 3.05) is 25.9 Å². The number of sulfonamides is 1. The Morgan fingerprint density at radius 2 is 2.00 bits per heavy atom. The number of aliphatic hydroxyl groups is 1. The molecule has 1 aliphatic heterocycles. The number of anilines is 1. The topological polar surface area (TPSA) is 92.9 Å². The Labute approximate surface area is 117 Å². The molecule has 1 aromatic rings. The molecule has 112 valence electrons. The number of ether oxygens (including phenoxy) is 1. The molecule has 0 aromatic heterocycles. The van der Waals surface area contributed by atoms with Gasteiger partial charge in [0, 0.05) is 13.1 Å². The first-order chi connectivity index (χ1) is 9.36. The largest absolute Gasteiger partial charge is 0.492 e. The highest BCUT2D eigenvalue weighted by Gasteiger charge is 2.30. The summed E-state index contributed by atoms with van der Waals surface area (Å²) in [6.07, 6.45) is 0.250. The van der Waals surface area contributed by atoms with Crippen LogP contribution >= 0.6 is 0 Å². The molecule has 2 rings (SSSR count). The number of piperidine rings is 1. The van der Waals surface area contributed by atoms with Crippen LogP contribution in [0, 0.1) is 5.82 Å². The molecule has 1 aliphatic rings. The Kier molecular flexibility index (Phi) is 4.17. The third kappa shape index (κ3) is 2.72. The zero-order valence-corrected chi connectivity index (χ0v) is 11.9. The first-order valence-electron chi connectivity index (χ1n) is 6.17. The molecule has 0 radical (unpaired) electrons. The molecule has 0 saturated carbocycles. The van der Waals surface area contributed by atoms with Crippen LogP contribution in [0.5, 0.6) is 5.75 Å². The summed E-state index contributed by atoms with van der Waals surface area (Å²) in [5.74, 6) is -0.985. The lowest BCUT2D eigenvalue weighted by atomic mass is 10.1. The van der Waals surface area contributed by atoms with E-state index in [1.54, 1.807) is 0 Å². The first-order valence-corrected chi connectivity index (χ1v) is 7.61. The third-order valence-electron chi connectivity index (χ3n) is 3.31. The number of hydrogen-bond donors (Lipinski definition) is 2. The molecule has 20 heavy (non-hydrogen) atoms. The number of aliphatic hydroxyl groups excluding tert-OH is 1. The van der Waals surface area contributed by atoms with Crippen LogP contribution in [-0.4, -0.2) is 44.1 Å². The van der Waals surface area contributed by atoms with Gasteiger partial charge in [0.1, 0.15) is 0 Å². The molecule has 8 heteroatoms.